The molecule has 188 valence electrons. The van der Waals surface area contributed by atoms with E-state index >= 15 is 0 Å². The molecule has 3 rings (SSSR count). The summed E-state index contributed by atoms with van der Waals surface area (Å²) in [4.78, 5) is 32.5. The van der Waals surface area contributed by atoms with Gasteiger partial charge in [0.1, 0.15) is 0 Å². The summed E-state index contributed by atoms with van der Waals surface area (Å²) in [6.07, 6.45) is 14.2. The first-order valence-electron chi connectivity index (χ1n) is 12.7. The number of allylic oxidation sites excluding steroid dienone is 2. The molecule has 0 radical (unpaired) electrons. The van der Waals surface area contributed by atoms with Crippen molar-refractivity contribution in [1.29, 1.82) is 0 Å². The van der Waals surface area contributed by atoms with Crippen LogP contribution in [0.3, 0.4) is 0 Å². The predicted octanol–water partition coefficient (Wildman–Crippen LogP) is 3.14. The molecule has 0 spiro atoms. The molecule has 2 aliphatic heterocycles. The van der Waals surface area contributed by atoms with Crippen LogP contribution in [0.15, 0.2) is 48.2 Å². The van der Waals surface area contributed by atoms with Gasteiger partial charge in [0.05, 0.1) is 5.92 Å². The Kier molecular flexibility index (Phi) is 9.54. The average Bonchev–Trinajstić information content (AvgIpc) is 2.86. The lowest BCUT2D eigenvalue weighted by Crippen LogP contribution is -2.56. The highest BCUT2D eigenvalue weighted by Crippen LogP contribution is 2.43. The van der Waals surface area contributed by atoms with E-state index in [9.17, 15) is 9.59 Å². The third-order valence-corrected chi connectivity index (χ3v) is 7.11. The Hall–Kier alpha value is -2.38. The number of piperidine rings is 1. The summed E-state index contributed by atoms with van der Waals surface area (Å²) in [6.45, 7) is 11.2. The van der Waals surface area contributed by atoms with Crippen molar-refractivity contribution in [3.63, 3.8) is 0 Å². The molecule has 1 saturated heterocycles. The Morgan fingerprint density at radius 2 is 2.12 bits per heavy atom. The van der Waals surface area contributed by atoms with Gasteiger partial charge in [0.25, 0.3) is 0 Å². The Morgan fingerprint density at radius 3 is 2.82 bits per heavy atom. The highest BCUT2D eigenvalue weighted by molar-refractivity contribution is 5.95. The standard InChI is InChI=1S/C27H43N5O2/c1-6-12-31-19-23(26(33)32(27(34)28-7-2)14-9-13-30(4)5)17-24-22-11-8-10-20(3)29-18-21(15-22)16-25(24)31/h6,8,10-11,18,20,23-25,29H,1,7,9,12-17,19H2,2-5H3,(H,28,34)/b10-8-,21-18+,22-11+/t20?,23-,24-,25-/m1/s1. The van der Waals surface area contributed by atoms with Crippen LogP contribution in [0.25, 0.3) is 0 Å². The van der Waals surface area contributed by atoms with Crippen LogP contribution in [0.5, 0.6) is 0 Å². The van der Waals surface area contributed by atoms with Crippen LogP contribution in [0, 0.1) is 11.8 Å². The fourth-order valence-electron chi connectivity index (χ4n) is 5.44. The molecule has 2 heterocycles. The number of nitrogens with zero attached hydrogens (tertiary/aromatic N) is 3. The van der Waals surface area contributed by atoms with E-state index in [1.807, 2.05) is 27.1 Å². The molecule has 7 nitrogen and oxygen atoms in total. The van der Waals surface area contributed by atoms with Gasteiger partial charge in [-0.05, 0) is 77.9 Å². The Bertz CT molecular complexity index is 831. The van der Waals surface area contributed by atoms with Gasteiger partial charge < -0.3 is 15.5 Å². The molecule has 34 heavy (non-hydrogen) atoms. The van der Waals surface area contributed by atoms with E-state index in [-0.39, 0.29) is 23.9 Å². The molecule has 1 saturated carbocycles. The topological polar surface area (TPSA) is 67.9 Å². The van der Waals surface area contributed by atoms with Crippen LogP contribution in [-0.4, -0.2) is 85.5 Å². The molecular formula is C27H43N5O2. The maximum absolute atomic E-state index is 13.8. The van der Waals surface area contributed by atoms with Crippen molar-refractivity contribution < 1.29 is 9.59 Å². The number of amides is 3. The van der Waals surface area contributed by atoms with E-state index < -0.39 is 0 Å². The molecule has 7 heteroatoms. The van der Waals surface area contributed by atoms with Gasteiger partial charge in [0.15, 0.2) is 0 Å². The largest absolute Gasteiger partial charge is 0.385 e. The number of hydrogen-bond acceptors (Lipinski definition) is 5. The maximum Gasteiger partial charge on any atom is 0.324 e. The molecule has 2 N–H and O–H groups in total. The molecule has 1 unspecified atom stereocenters. The van der Waals surface area contributed by atoms with Crippen molar-refractivity contribution in [3.8, 4) is 0 Å². The number of nitrogens with one attached hydrogen (secondary N) is 2. The molecule has 3 aliphatic rings. The van der Waals surface area contributed by atoms with Crippen LogP contribution in [0.4, 0.5) is 4.79 Å². The third kappa shape index (κ3) is 6.60. The zero-order chi connectivity index (χ0) is 24.7. The highest BCUT2D eigenvalue weighted by atomic mass is 16.2. The number of carbonyl (C=O) groups is 2. The van der Waals surface area contributed by atoms with E-state index in [0.717, 1.165) is 38.8 Å². The number of hydrogen-bond donors (Lipinski definition) is 2. The van der Waals surface area contributed by atoms with Gasteiger partial charge in [-0.2, -0.15) is 0 Å². The predicted molar refractivity (Wildman–Crippen MR) is 138 cm³/mol. The zero-order valence-corrected chi connectivity index (χ0v) is 21.4. The van der Waals surface area contributed by atoms with Crippen molar-refractivity contribution in [2.75, 3.05) is 46.8 Å². The zero-order valence-electron chi connectivity index (χ0n) is 21.4. The number of urea groups is 1. The van der Waals surface area contributed by atoms with Gasteiger partial charge in [-0.25, -0.2) is 4.79 Å². The highest BCUT2D eigenvalue weighted by Gasteiger charge is 2.44. The van der Waals surface area contributed by atoms with E-state index in [0.29, 0.717) is 31.6 Å². The fourth-order valence-corrected chi connectivity index (χ4v) is 5.44. The maximum atomic E-state index is 13.8. The summed E-state index contributed by atoms with van der Waals surface area (Å²) >= 11 is 0. The Morgan fingerprint density at radius 1 is 1.32 bits per heavy atom. The van der Waals surface area contributed by atoms with Crippen LogP contribution < -0.4 is 10.6 Å². The van der Waals surface area contributed by atoms with Gasteiger partial charge in [0, 0.05) is 38.3 Å². The summed E-state index contributed by atoms with van der Waals surface area (Å²) in [5.74, 6) is 0.0482. The number of carbonyl (C=O) groups excluding carboxylic acids is 2. The minimum absolute atomic E-state index is 0.0481. The molecule has 4 atom stereocenters. The van der Waals surface area contributed by atoms with Gasteiger partial charge in [-0.15, -0.1) is 6.58 Å². The number of rotatable bonds is 8. The first kappa shape index (κ1) is 26.2. The molecule has 1 aliphatic carbocycles. The smallest absolute Gasteiger partial charge is 0.324 e. The lowest BCUT2D eigenvalue weighted by Gasteiger charge is -2.48. The van der Waals surface area contributed by atoms with Gasteiger partial charge in [-0.3, -0.25) is 14.6 Å². The van der Waals surface area contributed by atoms with Crippen LogP contribution in [0.1, 0.15) is 39.5 Å². The second-order valence-electron chi connectivity index (χ2n) is 10.1. The van der Waals surface area contributed by atoms with Gasteiger partial charge in [-0.1, -0.05) is 29.9 Å². The second kappa shape index (κ2) is 12.4. The monoisotopic (exact) mass is 469 g/mol. The van der Waals surface area contributed by atoms with Crippen LogP contribution in [-0.2, 0) is 4.79 Å². The van der Waals surface area contributed by atoms with Gasteiger partial charge in [0.2, 0.25) is 5.91 Å². The molecule has 0 aromatic heterocycles. The van der Waals surface area contributed by atoms with Crippen molar-refractivity contribution in [3.05, 3.63) is 48.2 Å². The summed E-state index contributed by atoms with van der Waals surface area (Å²) in [6, 6.07) is 0.364. The summed E-state index contributed by atoms with van der Waals surface area (Å²) in [5.41, 5.74) is 2.80. The van der Waals surface area contributed by atoms with E-state index in [1.54, 1.807) is 0 Å². The van der Waals surface area contributed by atoms with Crippen molar-refractivity contribution in [2.24, 2.45) is 11.8 Å². The molecule has 2 bridgehead atoms. The van der Waals surface area contributed by atoms with E-state index in [1.165, 1.54) is 16.0 Å². The first-order valence-corrected chi connectivity index (χ1v) is 12.7. The molecule has 3 amide bonds. The van der Waals surface area contributed by atoms with Crippen molar-refractivity contribution in [2.45, 2.75) is 51.6 Å². The van der Waals surface area contributed by atoms with Crippen molar-refractivity contribution in [1.82, 2.24) is 25.3 Å². The lowest BCUT2D eigenvalue weighted by molar-refractivity contribution is -0.135. The Labute approximate surface area is 205 Å². The van der Waals surface area contributed by atoms with Crippen LogP contribution in [0.2, 0.25) is 0 Å². The lowest BCUT2D eigenvalue weighted by atomic mass is 9.70. The minimum Gasteiger partial charge on any atom is -0.385 e. The third-order valence-electron chi connectivity index (χ3n) is 7.11. The van der Waals surface area contributed by atoms with E-state index in [2.05, 4.69) is 58.4 Å². The minimum atomic E-state index is -0.276. The molecule has 2 fully saturated rings. The quantitative estimate of drug-likeness (QED) is 0.535. The number of likely N-dealkylation sites (tertiary alicyclic amines) is 1. The first-order chi connectivity index (χ1) is 16.3. The number of imide groups is 1. The average molecular weight is 470 g/mol. The normalized spacial score (nSPS) is 30.7. The summed E-state index contributed by atoms with van der Waals surface area (Å²) in [7, 11) is 4.02. The van der Waals surface area contributed by atoms with Crippen molar-refractivity contribution >= 4 is 11.9 Å². The summed E-state index contributed by atoms with van der Waals surface area (Å²) < 4.78 is 0. The fraction of sp³-hybridized carbons (Fsp3) is 0.630. The van der Waals surface area contributed by atoms with Gasteiger partial charge >= 0.3 is 6.03 Å². The molecule has 0 aromatic carbocycles. The van der Waals surface area contributed by atoms with E-state index in [4.69, 9.17) is 0 Å². The Balaban J connectivity index is 1.85. The molecule has 0 aromatic rings. The SMILES string of the molecule is C=CCN1C[C@H](C(=O)N(CCCN(C)C)C(=O)NCC)C[C@@H]2/C3=C/C=C\C(C)N/C=C(\C3)C[C@H]21. The van der Waals surface area contributed by atoms with Crippen LogP contribution >= 0.6 is 0 Å². The summed E-state index contributed by atoms with van der Waals surface area (Å²) in [5, 5.41) is 6.33. The molecular weight excluding hydrogens is 426 g/mol. The second-order valence-corrected chi connectivity index (χ2v) is 10.1. The number of fused-ring (bicyclic) bond motifs is 4.